The quantitative estimate of drug-likeness (QED) is 0.894. The molecule has 0 aliphatic heterocycles. The van der Waals surface area contributed by atoms with Gasteiger partial charge >= 0.3 is 5.97 Å². The van der Waals surface area contributed by atoms with Crippen LogP contribution in [0.25, 0.3) is 0 Å². The number of carboxylic acids is 1. The number of anilines is 2. The number of hydrogen-bond acceptors (Lipinski definition) is 4. The van der Waals surface area contributed by atoms with E-state index in [0.29, 0.717) is 22.8 Å². The number of carboxylic acid groups (broad SMARTS) is 1. The van der Waals surface area contributed by atoms with Gasteiger partial charge in [0.1, 0.15) is 17.1 Å². The van der Waals surface area contributed by atoms with Crippen molar-refractivity contribution in [2.75, 3.05) is 12.4 Å². The van der Waals surface area contributed by atoms with Gasteiger partial charge in [-0.3, -0.25) is 0 Å². The molecule has 2 rings (SSSR count). The van der Waals surface area contributed by atoms with E-state index >= 15 is 0 Å². The molecule has 0 aliphatic rings. The van der Waals surface area contributed by atoms with Crippen molar-refractivity contribution in [1.82, 2.24) is 4.98 Å². The van der Waals surface area contributed by atoms with Crippen molar-refractivity contribution < 1.29 is 14.6 Å². The summed E-state index contributed by atoms with van der Waals surface area (Å²) in [6.45, 7) is 3.58. The second-order valence-electron chi connectivity index (χ2n) is 4.43. The number of pyridine rings is 1. The lowest BCUT2D eigenvalue weighted by molar-refractivity contribution is 0.0697. The number of nitrogens with one attached hydrogen (secondary N) is 1. The first-order chi connectivity index (χ1) is 9.52. The van der Waals surface area contributed by atoms with Gasteiger partial charge in [0.2, 0.25) is 0 Å². The van der Waals surface area contributed by atoms with Crippen molar-refractivity contribution in [1.29, 1.82) is 0 Å². The summed E-state index contributed by atoms with van der Waals surface area (Å²) in [5.74, 6) is -0.0586. The molecule has 0 saturated heterocycles. The average molecular weight is 272 g/mol. The highest BCUT2D eigenvalue weighted by molar-refractivity contribution is 5.95. The van der Waals surface area contributed by atoms with Crippen molar-refractivity contribution in [2.24, 2.45) is 0 Å². The van der Waals surface area contributed by atoms with Crippen molar-refractivity contribution in [3.8, 4) is 5.75 Å². The van der Waals surface area contributed by atoms with Crippen LogP contribution in [-0.4, -0.2) is 23.2 Å². The molecule has 0 atom stereocenters. The van der Waals surface area contributed by atoms with E-state index in [1.54, 1.807) is 26.2 Å². The molecule has 1 aromatic heterocycles. The Hall–Kier alpha value is -2.56. The zero-order valence-electron chi connectivity index (χ0n) is 11.6. The maximum Gasteiger partial charge on any atom is 0.339 e. The van der Waals surface area contributed by atoms with Gasteiger partial charge in [-0.25, -0.2) is 9.78 Å². The Morgan fingerprint density at radius 1 is 1.30 bits per heavy atom. The standard InChI is InChI=1S/C15H16N2O3/c1-9-8-10(2)16-14(13(9)15(18)19)17-11-6-4-5-7-12(11)20-3/h4-8H,1-3H3,(H,16,17)(H,18,19). The number of methoxy groups -OCH3 is 1. The van der Waals surface area contributed by atoms with Crippen LogP contribution in [0, 0.1) is 13.8 Å². The minimum atomic E-state index is -1.01. The minimum Gasteiger partial charge on any atom is -0.495 e. The molecule has 0 saturated carbocycles. The molecule has 0 amide bonds. The minimum absolute atomic E-state index is 0.168. The molecule has 104 valence electrons. The van der Waals surface area contributed by atoms with Crippen LogP contribution in [0.4, 0.5) is 11.5 Å². The van der Waals surface area contributed by atoms with Crippen LogP contribution >= 0.6 is 0 Å². The maximum atomic E-state index is 11.4. The summed E-state index contributed by atoms with van der Waals surface area (Å²) in [6.07, 6.45) is 0. The predicted octanol–water partition coefficient (Wildman–Crippen LogP) is 3.15. The van der Waals surface area contributed by atoms with Crippen molar-refractivity contribution in [3.63, 3.8) is 0 Å². The molecule has 0 aliphatic carbocycles. The van der Waals surface area contributed by atoms with Gasteiger partial charge in [-0.1, -0.05) is 12.1 Å². The first-order valence-corrected chi connectivity index (χ1v) is 6.14. The molecule has 0 fully saturated rings. The number of para-hydroxylation sites is 2. The average Bonchev–Trinajstić information content (AvgIpc) is 2.38. The van der Waals surface area contributed by atoms with Gasteiger partial charge in [-0.05, 0) is 37.6 Å². The van der Waals surface area contributed by atoms with Crippen LogP contribution in [0.3, 0.4) is 0 Å². The third-order valence-electron chi connectivity index (χ3n) is 2.92. The topological polar surface area (TPSA) is 71.5 Å². The Labute approximate surface area is 117 Å². The molecule has 5 heteroatoms. The van der Waals surface area contributed by atoms with Gasteiger partial charge in [-0.15, -0.1) is 0 Å². The molecule has 5 nitrogen and oxygen atoms in total. The van der Waals surface area contributed by atoms with Crippen molar-refractivity contribution >= 4 is 17.5 Å². The fraction of sp³-hybridized carbons (Fsp3) is 0.200. The van der Waals surface area contributed by atoms with E-state index in [-0.39, 0.29) is 5.56 Å². The summed E-state index contributed by atoms with van der Waals surface area (Å²) in [7, 11) is 1.56. The Bertz CT molecular complexity index is 654. The van der Waals surface area contributed by atoms with Crippen molar-refractivity contribution in [3.05, 3.63) is 47.2 Å². The summed E-state index contributed by atoms with van der Waals surface area (Å²) in [4.78, 5) is 15.7. The zero-order valence-corrected chi connectivity index (χ0v) is 11.6. The van der Waals surface area contributed by atoms with Gasteiger partial charge in [0.05, 0.1) is 12.8 Å². The van der Waals surface area contributed by atoms with E-state index in [2.05, 4.69) is 10.3 Å². The van der Waals surface area contributed by atoms with Gasteiger partial charge in [-0.2, -0.15) is 0 Å². The summed E-state index contributed by atoms with van der Waals surface area (Å²) in [6, 6.07) is 9.04. The lowest BCUT2D eigenvalue weighted by atomic mass is 10.1. The molecular weight excluding hydrogens is 256 g/mol. The molecule has 1 aromatic carbocycles. The smallest absolute Gasteiger partial charge is 0.339 e. The second kappa shape index (κ2) is 5.61. The van der Waals surface area contributed by atoms with Gasteiger partial charge in [0.25, 0.3) is 0 Å². The van der Waals surface area contributed by atoms with E-state index in [0.717, 1.165) is 5.69 Å². The molecule has 0 spiro atoms. The summed E-state index contributed by atoms with van der Waals surface area (Å²) in [5.41, 5.74) is 2.27. The first kappa shape index (κ1) is 13.9. The number of ether oxygens (including phenoxy) is 1. The number of nitrogens with zero attached hydrogens (tertiary/aromatic N) is 1. The molecule has 2 N–H and O–H groups in total. The van der Waals surface area contributed by atoms with Gasteiger partial charge in [0.15, 0.2) is 0 Å². The molecule has 1 heterocycles. The molecule has 0 unspecified atom stereocenters. The number of rotatable bonds is 4. The van der Waals surface area contributed by atoms with E-state index in [1.165, 1.54) is 0 Å². The number of benzene rings is 1. The lowest BCUT2D eigenvalue weighted by Crippen LogP contribution is -2.09. The first-order valence-electron chi connectivity index (χ1n) is 6.14. The monoisotopic (exact) mass is 272 g/mol. The molecular formula is C15H16N2O3. The highest BCUT2D eigenvalue weighted by Gasteiger charge is 2.16. The van der Waals surface area contributed by atoms with Crippen LogP contribution in [-0.2, 0) is 0 Å². The lowest BCUT2D eigenvalue weighted by Gasteiger charge is -2.14. The highest BCUT2D eigenvalue weighted by Crippen LogP contribution is 2.29. The summed E-state index contributed by atoms with van der Waals surface area (Å²) >= 11 is 0. The number of aromatic carboxylic acids is 1. The number of aromatic nitrogens is 1. The second-order valence-corrected chi connectivity index (χ2v) is 4.43. The number of hydrogen-bond donors (Lipinski definition) is 2. The predicted molar refractivity (Wildman–Crippen MR) is 76.9 cm³/mol. The van der Waals surface area contributed by atoms with E-state index in [1.807, 2.05) is 25.1 Å². The van der Waals surface area contributed by atoms with Gasteiger partial charge < -0.3 is 15.2 Å². The van der Waals surface area contributed by atoms with E-state index in [9.17, 15) is 9.90 Å². The Morgan fingerprint density at radius 2 is 2.00 bits per heavy atom. The zero-order chi connectivity index (χ0) is 14.7. The fourth-order valence-electron chi connectivity index (χ4n) is 2.07. The summed E-state index contributed by atoms with van der Waals surface area (Å²) < 4.78 is 5.24. The van der Waals surface area contributed by atoms with E-state index < -0.39 is 5.97 Å². The molecule has 0 radical (unpaired) electrons. The van der Waals surface area contributed by atoms with Crippen molar-refractivity contribution in [2.45, 2.75) is 13.8 Å². The number of carbonyl (C=O) groups is 1. The van der Waals surface area contributed by atoms with E-state index in [4.69, 9.17) is 4.74 Å². The van der Waals surface area contributed by atoms with Gasteiger partial charge in [0, 0.05) is 5.69 Å². The normalized spacial score (nSPS) is 10.2. The maximum absolute atomic E-state index is 11.4. The Kier molecular flexibility index (Phi) is 3.89. The molecule has 0 bridgehead atoms. The Morgan fingerprint density at radius 3 is 2.65 bits per heavy atom. The molecule has 20 heavy (non-hydrogen) atoms. The fourth-order valence-corrected chi connectivity index (χ4v) is 2.07. The number of aryl methyl sites for hydroxylation is 2. The van der Waals surface area contributed by atoms with Crippen LogP contribution in [0.1, 0.15) is 21.6 Å². The van der Waals surface area contributed by atoms with Crippen LogP contribution in [0.2, 0.25) is 0 Å². The van der Waals surface area contributed by atoms with Crippen LogP contribution in [0.15, 0.2) is 30.3 Å². The molecule has 2 aromatic rings. The Balaban J connectivity index is 2.50. The SMILES string of the molecule is COc1ccccc1Nc1nc(C)cc(C)c1C(=O)O. The third-order valence-corrected chi connectivity index (χ3v) is 2.92. The largest absolute Gasteiger partial charge is 0.495 e. The summed E-state index contributed by atoms with van der Waals surface area (Å²) in [5, 5.41) is 12.4. The van der Waals surface area contributed by atoms with Crippen LogP contribution in [0.5, 0.6) is 5.75 Å². The highest BCUT2D eigenvalue weighted by atomic mass is 16.5. The van der Waals surface area contributed by atoms with Crippen LogP contribution < -0.4 is 10.1 Å². The third kappa shape index (κ3) is 2.71.